The Bertz CT molecular complexity index is 1620. The van der Waals surface area contributed by atoms with Crippen LogP contribution in [-0.4, -0.2) is 55.8 Å². The van der Waals surface area contributed by atoms with E-state index in [-0.39, 0.29) is 30.4 Å². The Kier molecular flexibility index (Phi) is 6.34. The minimum absolute atomic E-state index is 0.0160. The number of aliphatic hydroxyl groups excluding tert-OH is 1. The fraction of sp³-hybridized carbons (Fsp3) is 0.286. The third kappa shape index (κ3) is 4.42. The number of ether oxygens (including phenoxy) is 2. The number of fused-ring (bicyclic) bond motifs is 2. The standard InChI is InChI=1S/C28H27FN6O3/c1-16(12-36)35-11-19(10-33-35)18-8-24-26(25(9-18)38-17(2)20-13-37-14-20)28(32-15-31-24)34-23-6-5-22-21(27(23)29)4-3-7-30-22/h3-11,15-17,20,36H,12-14H2,1-2H3,(H,31,32,34)/t16-,17-/m1/s1. The summed E-state index contributed by atoms with van der Waals surface area (Å²) in [6, 6.07) is 10.5. The maximum atomic E-state index is 15.4. The molecule has 3 aromatic heterocycles. The van der Waals surface area contributed by atoms with Crippen LogP contribution in [0.4, 0.5) is 15.9 Å². The van der Waals surface area contributed by atoms with Crippen LogP contribution in [0, 0.1) is 11.7 Å². The number of nitrogens with one attached hydrogen (secondary N) is 1. The molecule has 38 heavy (non-hydrogen) atoms. The second-order valence-electron chi connectivity index (χ2n) is 9.57. The van der Waals surface area contributed by atoms with Crippen molar-refractivity contribution < 1.29 is 19.0 Å². The van der Waals surface area contributed by atoms with E-state index in [1.165, 1.54) is 6.33 Å². The zero-order valence-corrected chi connectivity index (χ0v) is 21.0. The van der Waals surface area contributed by atoms with Gasteiger partial charge in [0, 0.05) is 29.3 Å². The summed E-state index contributed by atoms with van der Waals surface area (Å²) < 4.78 is 29.0. The summed E-state index contributed by atoms with van der Waals surface area (Å²) in [6.07, 6.45) is 6.60. The Balaban J connectivity index is 1.45. The van der Waals surface area contributed by atoms with Gasteiger partial charge in [0.05, 0.1) is 54.2 Å². The molecule has 10 heteroatoms. The van der Waals surface area contributed by atoms with Gasteiger partial charge < -0.3 is 19.9 Å². The molecular formula is C28H27FN6O3. The molecule has 4 heterocycles. The lowest BCUT2D eigenvalue weighted by molar-refractivity contribution is -0.0773. The van der Waals surface area contributed by atoms with E-state index >= 15 is 4.39 Å². The summed E-state index contributed by atoms with van der Waals surface area (Å²) in [4.78, 5) is 13.2. The Morgan fingerprint density at radius 1 is 1.13 bits per heavy atom. The topological polar surface area (TPSA) is 107 Å². The summed E-state index contributed by atoms with van der Waals surface area (Å²) in [6.45, 7) is 5.17. The number of aliphatic hydroxyl groups is 1. The quantitative estimate of drug-likeness (QED) is 0.301. The molecular weight excluding hydrogens is 487 g/mol. The second-order valence-corrected chi connectivity index (χ2v) is 9.57. The summed E-state index contributed by atoms with van der Waals surface area (Å²) in [5.74, 6) is 0.867. The van der Waals surface area contributed by atoms with Gasteiger partial charge in [0.2, 0.25) is 0 Å². The lowest BCUT2D eigenvalue weighted by atomic mass is 10.0. The zero-order chi connectivity index (χ0) is 26.2. The van der Waals surface area contributed by atoms with Gasteiger partial charge in [0.25, 0.3) is 0 Å². The molecule has 0 spiro atoms. The highest BCUT2D eigenvalue weighted by molar-refractivity contribution is 5.99. The molecule has 0 unspecified atom stereocenters. The molecule has 1 aliphatic rings. The van der Waals surface area contributed by atoms with Crippen LogP contribution in [0.1, 0.15) is 19.9 Å². The van der Waals surface area contributed by atoms with Gasteiger partial charge in [-0.3, -0.25) is 9.67 Å². The van der Waals surface area contributed by atoms with Gasteiger partial charge in [-0.15, -0.1) is 0 Å². The number of nitrogens with zero attached hydrogens (tertiary/aromatic N) is 5. The third-order valence-electron chi connectivity index (χ3n) is 6.97. The van der Waals surface area contributed by atoms with Crippen molar-refractivity contribution in [1.82, 2.24) is 24.7 Å². The van der Waals surface area contributed by atoms with E-state index < -0.39 is 5.82 Å². The molecule has 0 radical (unpaired) electrons. The number of hydrogen-bond donors (Lipinski definition) is 2. The fourth-order valence-electron chi connectivity index (χ4n) is 4.48. The average Bonchev–Trinajstić information content (AvgIpc) is 3.39. The van der Waals surface area contributed by atoms with Crippen molar-refractivity contribution in [3.8, 4) is 16.9 Å². The predicted molar refractivity (Wildman–Crippen MR) is 142 cm³/mol. The van der Waals surface area contributed by atoms with Gasteiger partial charge >= 0.3 is 0 Å². The first-order valence-corrected chi connectivity index (χ1v) is 12.5. The third-order valence-corrected chi connectivity index (χ3v) is 6.97. The van der Waals surface area contributed by atoms with Crippen LogP contribution in [0.3, 0.4) is 0 Å². The molecule has 9 nitrogen and oxygen atoms in total. The number of anilines is 2. The van der Waals surface area contributed by atoms with Crippen LogP contribution in [0.5, 0.6) is 5.75 Å². The zero-order valence-electron chi connectivity index (χ0n) is 21.0. The molecule has 1 aliphatic heterocycles. The van der Waals surface area contributed by atoms with Crippen LogP contribution in [0.2, 0.25) is 0 Å². The van der Waals surface area contributed by atoms with Gasteiger partial charge in [0.15, 0.2) is 5.82 Å². The number of rotatable bonds is 8. The Labute approximate surface area is 218 Å². The summed E-state index contributed by atoms with van der Waals surface area (Å²) in [7, 11) is 0. The van der Waals surface area contributed by atoms with E-state index in [9.17, 15) is 5.11 Å². The first-order chi connectivity index (χ1) is 18.5. The predicted octanol–water partition coefficient (Wildman–Crippen LogP) is 4.89. The van der Waals surface area contributed by atoms with E-state index in [4.69, 9.17) is 9.47 Å². The van der Waals surface area contributed by atoms with Gasteiger partial charge in [0.1, 0.15) is 24.0 Å². The van der Waals surface area contributed by atoms with E-state index in [0.29, 0.717) is 46.6 Å². The molecule has 2 atom stereocenters. The first kappa shape index (κ1) is 24.2. The molecule has 1 fully saturated rings. The number of benzene rings is 2. The molecule has 0 bridgehead atoms. The van der Waals surface area contributed by atoms with E-state index in [0.717, 1.165) is 11.1 Å². The first-order valence-electron chi connectivity index (χ1n) is 12.5. The Morgan fingerprint density at radius 2 is 2.00 bits per heavy atom. The van der Waals surface area contributed by atoms with Crippen molar-refractivity contribution >= 4 is 33.3 Å². The monoisotopic (exact) mass is 514 g/mol. The number of halogens is 1. The van der Waals surface area contributed by atoms with E-state index in [2.05, 4.69) is 25.4 Å². The summed E-state index contributed by atoms with van der Waals surface area (Å²) >= 11 is 0. The highest BCUT2D eigenvalue weighted by Gasteiger charge is 2.28. The Morgan fingerprint density at radius 3 is 2.79 bits per heavy atom. The minimum atomic E-state index is -0.410. The SMILES string of the molecule is C[C@H](CO)n1cc(-c2cc(O[C@H](C)C3COC3)c3c(Nc4ccc5ncccc5c4F)ncnc3c2)cn1. The van der Waals surface area contributed by atoms with Crippen molar-refractivity contribution in [1.29, 1.82) is 0 Å². The maximum Gasteiger partial charge on any atom is 0.156 e. The van der Waals surface area contributed by atoms with E-state index in [1.807, 2.05) is 32.2 Å². The highest BCUT2D eigenvalue weighted by atomic mass is 19.1. The fourth-order valence-corrected chi connectivity index (χ4v) is 4.48. The molecule has 1 saturated heterocycles. The minimum Gasteiger partial charge on any atom is -0.489 e. The highest BCUT2D eigenvalue weighted by Crippen LogP contribution is 2.38. The van der Waals surface area contributed by atoms with Crippen molar-refractivity contribution in [2.75, 3.05) is 25.1 Å². The van der Waals surface area contributed by atoms with Crippen LogP contribution in [-0.2, 0) is 4.74 Å². The van der Waals surface area contributed by atoms with Crippen molar-refractivity contribution in [3.05, 3.63) is 67.1 Å². The van der Waals surface area contributed by atoms with Gasteiger partial charge in [-0.1, -0.05) is 0 Å². The van der Waals surface area contributed by atoms with Crippen LogP contribution in [0.15, 0.2) is 61.3 Å². The van der Waals surface area contributed by atoms with Gasteiger partial charge in [-0.2, -0.15) is 5.10 Å². The molecule has 2 aromatic carbocycles. The lowest BCUT2D eigenvalue weighted by Gasteiger charge is -2.32. The number of pyridine rings is 1. The van der Waals surface area contributed by atoms with Crippen LogP contribution < -0.4 is 10.1 Å². The molecule has 2 N–H and O–H groups in total. The van der Waals surface area contributed by atoms with Crippen LogP contribution >= 0.6 is 0 Å². The Hall–Kier alpha value is -4.15. The van der Waals surface area contributed by atoms with Gasteiger partial charge in [-0.25, -0.2) is 14.4 Å². The second kappa shape index (κ2) is 9.96. The molecule has 6 rings (SSSR count). The maximum absolute atomic E-state index is 15.4. The lowest BCUT2D eigenvalue weighted by Crippen LogP contribution is -2.39. The van der Waals surface area contributed by atoms with E-state index in [1.54, 1.807) is 41.3 Å². The summed E-state index contributed by atoms with van der Waals surface area (Å²) in [5, 5.41) is 18.1. The summed E-state index contributed by atoms with van der Waals surface area (Å²) in [5.41, 5.74) is 3.20. The number of aromatic nitrogens is 5. The largest absolute Gasteiger partial charge is 0.489 e. The smallest absolute Gasteiger partial charge is 0.156 e. The molecule has 0 saturated carbocycles. The molecule has 0 aliphatic carbocycles. The van der Waals surface area contributed by atoms with Crippen molar-refractivity contribution in [2.24, 2.45) is 5.92 Å². The molecule has 5 aromatic rings. The van der Waals surface area contributed by atoms with Gasteiger partial charge in [-0.05, 0) is 55.8 Å². The normalized spacial score (nSPS) is 15.4. The average molecular weight is 515 g/mol. The molecule has 194 valence electrons. The number of hydrogen-bond acceptors (Lipinski definition) is 8. The van der Waals surface area contributed by atoms with Crippen LogP contribution in [0.25, 0.3) is 32.9 Å². The molecule has 0 amide bonds. The van der Waals surface area contributed by atoms with Crippen molar-refractivity contribution in [3.63, 3.8) is 0 Å². The van der Waals surface area contributed by atoms with Crippen molar-refractivity contribution in [2.45, 2.75) is 26.0 Å².